The van der Waals surface area contributed by atoms with Crippen molar-refractivity contribution in [1.82, 2.24) is 0 Å². The van der Waals surface area contributed by atoms with E-state index in [9.17, 15) is 8.42 Å². The predicted octanol–water partition coefficient (Wildman–Crippen LogP) is 4.09. The van der Waals surface area contributed by atoms with Crippen molar-refractivity contribution in [2.24, 2.45) is 0 Å². The van der Waals surface area contributed by atoms with Crippen molar-refractivity contribution in [1.29, 1.82) is 0 Å². The Balaban J connectivity index is 2.30. The van der Waals surface area contributed by atoms with Gasteiger partial charge in [0.25, 0.3) is 10.0 Å². The molecule has 1 N–H and O–H groups in total. The maximum absolute atomic E-state index is 12.5. The van der Waals surface area contributed by atoms with E-state index in [4.69, 9.17) is 4.74 Å². The Labute approximate surface area is 139 Å². The van der Waals surface area contributed by atoms with Crippen molar-refractivity contribution in [3.05, 3.63) is 58.1 Å². The smallest absolute Gasteiger partial charge is 0.261 e. The number of aryl methyl sites for hydroxylation is 1. The number of anilines is 1. The molecule has 2 aromatic rings. The fourth-order valence-electron chi connectivity index (χ4n) is 1.95. The fraction of sp³-hybridized carbons (Fsp3) is 0.250. The molecule has 0 heterocycles. The van der Waals surface area contributed by atoms with E-state index in [0.29, 0.717) is 18.9 Å². The summed E-state index contributed by atoms with van der Waals surface area (Å²) in [5, 5.41) is 0. The molecule has 0 saturated heterocycles. The lowest BCUT2D eigenvalue weighted by molar-refractivity contribution is 0.134. The van der Waals surface area contributed by atoms with Gasteiger partial charge < -0.3 is 4.74 Å². The van der Waals surface area contributed by atoms with E-state index < -0.39 is 10.0 Å². The van der Waals surface area contributed by atoms with Crippen LogP contribution in [0, 0.1) is 6.92 Å². The maximum atomic E-state index is 12.5. The first-order valence-corrected chi connectivity index (χ1v) is 9.16. The number of sulfonamides is 1. The van der Waals surface area contributed by atoms with Crippen molar-refractivity contribution < 1.29 is 13.2 Å². The number of hydrogen-bond acceptors (Lipinski definition) is 3. The van der Waals surface area contributed by atoms with Crippen LogP contribution in [0.15, 0.2) is 51.8 Å². The molecule has 0 aromatic heterocycles. The van der Waals surface area contributed by atoms with Gasteiger partial charge in [-0.25, -0.2) is 8.42 Å². The van der Waals surface area contributed by atoms with Gasteiger partial charge in [-0.05, 0) is 43.7 Å². The minimum absolute atomic E-state index is 0.236. The molecule has 0 unspecified atom stereocenters. The van der Waals surface area contributed by atoms with Gasteiger partial charge in [-0.1, -0.05) is 34.1 Å². The topological polar surface area (TPSA) is 55.4 Å². The SMILES string of the molecule is CCOCc1ccccc1NS(=O)(=O)c1ccc(Br)c(C)c1. The zero-order valence-corrected chi connectivity index (χ0v) is 14.9. The second kappa shape index (κ2) is 7.26. The van der Waals surface area contributed by atoms with Crippen molar-refractivity contribution in [3.8, 4) is 0 Å². The van der Waals surface area contributed by atoms with E-state index in [1.54, 1.807) is 30.3 Å². The monoisotopic (exact) mass is 383 g/mol. The molecule has 0 aliphatic rings. The number of nitrogens with one attached hydrogen (secondary N) is 1. The van der Waals surface area contributed by atoms with Crippen molar-refractivity contribution in [2.75, 3.05) is 11.3 Å². The van der Waals surface area contributed by atoms with Crippen molar-refractivity contribution in [3.63, 3.8) is 0 Å². The van der Waals surface area contributed by atoms with Crippen LogP contribution >= 0.6 is 15.9 Å². The highest BCUT2D eigenvalue weighted by Crippen LogP contribution is 2.24. The van der Waals surface area contributed by atoms with Crippen LogP contribution in [-0.2, 0) is 21.4 Å². The van der Waals surface area contributed by atoms with Crippen LogP contribution in [-0.4, -0.2) is 15.0 Å². The summed E-state index contributed by atoms with van der Waals surface area (Å²) in [5.41, 5.74) is 2.21. The van der Waals surface area contributed by atoms with Crippen LogP contribution in [0.2, 0.25) is 0 Å². The second-order valence-corrected chi connectivity index (χ2v) is 7.35. The average Bonchev–Trinajstić information content (AvgIpc) is 2.48. The minimum atomic E-state index is -3.63. The Morgan fingerprint density at radius 3 is 2.59 bits per heavy atom. The average molecular weight is 384 g/mol. The lowest BCUT2D eigenvalue weighted by Gasteiger charge is -2.13. The Bertz CT molecular complexity index is 760. The van der Waals surface area contributed by atoms with Crippen LogP contribution < -0.4 is 4.72 Å². The minimum Gasteiger partial charge on any atom is -0.377 e. The maximum Gasteiger partial charge on any atom is 0.261 e. The molecule has 2 aromatic carbocycles. The van der Waals surface area contributed by atoms with E-state index in [1.807, 2.05) is 26.0 Å². The van der Waals surface area contributed by atoms with Gasteiger partial charge in [0.1, 0.15) is 0 Å². The molecule has 6 heteroatoms. The Kier molecular flexibility index (Phi) is 5.61. The van der Waals surface area contributed by atoms with Gasteiger partial charge >= 0.3 is 0 Å². The van der Waals surface area contributed by atoms with Crippen LogP contribution in [0.5, 0.6) is 0 Å². The first-order chi connectivity index (χ1) is 10.4. The van der Waals surface area contributed by atoms with Crippen LogP contribution in [0.1, 0.15) is 18.1 Å². The summed E-state index contributed by atoms with van der Waals surface area (Å²) in [7, 11) is -3.63. The normalized spacial score (nSPS) is 11.4. The van der Waals surface area contributed by atoms with E-state index in [1.165, 1.54) is 0 Å². The third-order valence-corrected chi connectivity index (χ3v) is 5.42. The standard InChI is InChI=1S/C16H18BrNO3S/c1-3-21-11-13-6-4-5-7-16(13)18-22(19,20)14-8-9-15(17)12(2)10-14/h4-10,18H,3,11H2,1-2H3. The highest BCUT2D eigenvalue weighted by molar-refractivity contribution is 9.10. The Morgan fingerprint density at radius 1 is 1.18 bits per heavy atom. The molecule has 118 valence electrons. The zero-order valence-electron chi connectivity index (χ0n) is 12.5. The van der Waals surface area contributed by atoms with Gasteiger partial charge in [0.05, 0.1) is 17.2 Å². The highest BCUT2D eigenvalue weighted by Gasteiger charge is 2.16. The van der Waals surface area contributed by atoms with Crippen LogP contribution in [0.4, 0.5) is 5.69 Å². The summed E-state index contributed by atoms with van der Waals surface area (Å²) in [5.74, 6) is 0. The van der Waals surface area contributed by atoms with Gasteiger partial charge in [-0.2, -0.15) is 0 Å². The molecule has 0 radical (unpaired) electrons. The molecular formula is C16H18BrNO3S. The van der Waals surface area contributed by atoms with Gasteiger partial charge in [0, 0.05) is 16.6 Å². The summed E-state index contributed by atoms with van der Waals surface area (Å²) >= 11 is 3.37. The number of halogens is 1. The number of rotatable bonds is 6. The summed E-state index contributed by atoms with van der Waals surface area (Å²) < 4.78 is 33.9. The summed E-state index contributed by atoms with van der Waals surface area (Å²) in [6, 6.07) is 12.2. The third kappa shape index (κ3) is 4.09. The first-order valence-electron chi connectivity index (χ1n) is 6.88. The Morgan fingerprint density at radius 2 is 1.91 bits per heavy atom. The third-order valence-electron chi connectivity index (χ3n) is 3.16. The van der Waals surface area contributed by atoms with E-state index >= 15 is 0 Å². The van der Waals surface area contributed by atoms with E-state index in [0.717, 1.165) is 15.6 Å². The molecule has 0 bridgehead atoms. The van der Waals surface area contributed by atoms with Crippen LogP contribution in [0.25, 0.3) is 0 Å². The van der Waals surface area contributed by atoms with Gasteiger partial charge in [0.2, 0.25) is 0 Å². The molecule has 0 spiro atoms. The van der Waals surface area contributed by atoms with E-state index in [-0.39, 0.29) is 4.90 Å². The fourth-order valence-corrected chi connectivity index (χ4v) is 3.38. The highest BCUT2D eigenvalue weighted by atomic mass is 79.9. The van der Waals surface area contributed by atoms with E-state index in [2.05, 4.69) is 20.7 Å². The molecule has 0 saturated carbocycles. The van der Waals surface area contributed by atoms with Crippen molar-refractivity contribution >= 4 is 31.6 Å². The number of hydrogen-bond donors (Lipinski definition) is 1. The molecule has 0 aliphatic heterocycles. The second-order valence-electron chi connectivity index (χ2n) is 4.81. The number of benzene rings is 2. The molecular weight excluding hydrogens is 366 g/mol. The molecule has 4 nitrogen and oxygen atoms in total. The van der Waals surface area contributed by atoms with Gasteiger partial charge in [-0.15, -0.1) is 0 Å². The molecule has 0 amide bonds. The molecule has 0 aliphatic carbocycles. The molecule has 22 heavy (non-hydrogen) atoms. The lowest BCUT2D eigenvalue weighted by Crippen LogP contribution is -2.14. The zero-order chi connectivity index (χ0) is 16.2. The number of ether oxygens (including phenoxy) is 1. The van der Waals surface area contributed by atoms with Crippen LogP contribution in [0.3, 0.4) is 0 Å². The summed E-state index contributed by atoms with van der Waals surface area (Å²) in [6.07, 6.45) is 0. The predicted molar refractivity (Wildman–Crippen MR) is 91.5 cm³/mol. The largest absolute Gasteiger partial charge is 0.377 e. The molecule has 0 fully saturated rings. The van der Waals surface area contributed by atoms with Crippen molar-refractivity contribution in [2.45, 2.75) is 25.3 Å². The summed E-state index contributed by atoms with van der Waals surface area (Å²) in [6.45, 7) is 4.70. The first kappa shape index (κ1) is 17.0. The molecule has 0 atom stereocenters. The quantitative estimate of drug-likeness (QED) is 0.816. The lowest BCUT2D eigenvalue weighted by atomic mass is 10.2. The van der Waals surface area contributed by atoms with Gasteiger partial charge in [-0.3, -0.25) is 4.72 Å². The summed E-state index contributed by atoms with van der Waals surface area (Å²) in [4.78, 5) is 0.236. The number of para-hydroxylation sites is 1. The Hall–Kier alpha value is -1.37. The molecule has 2 rings (SSSR count). The van der Waals surface area contributed by atoms with Gasteiger partial charge in [0.15, 0.2) is 0 Å².